The number of aliphatic hydroxyl groups excluding tert-OH is 1. The normalized spacial score (nSPS) is 24.9. The number of hydrogen-bond acceptors (Lipinski definition) is 4. The van der Waals surface area contributed by atoms with E-state index in [4.69, 9.17) is 33.0 Å². The van der Waals surface area contributed by atoms with E-state index in [9.17, 15) is 0 Å². The standard InChI is InChI=1S/C11H14Cl2N2O2/c12-10-3-7(4-11(13)15-10)9-6-17-5-8(14-9)1-2-16/h3-4,8-9,14,16H,1-2,5-6H2/t8-,9+/m1/s1. The molecule has 0 amide bonds. The molecule has 0 spiro atoms. The SMILES string of the molecule is OCC[C@@H]1COC[C@@H](c2cc(Cl)nc(Cl)c2)N1. The Bertz CT molecular complexity index is 367. The van der Waals surface area contributed by atoms with E-state index in [1.165, 1.54) is 0 Å². The van der Waals surface area contributed by atoms with Gasteiger partial charge in [-0.1, -0.05) is 23.2 Å². The number of hydrogen-bond donors (Lipinski definition) is 2. The van der Waals surface area contributed by atoms with Crippen LogP contribution in [0.25, 0.3) is 0 Å². The van der Waals surface area contributed by atoms with E-state index in [2.05, 4.69) is 10.3 Å². The average Bonchev–Trinajstić information content (AvgIpc) is 2.28. The van der Waals surface area contributed by atoms with Crippen molar-refractivity contribution < 1.29 is 9.84 Å². The summed E-state index contributed by atoms with van der Waals surface area (Å²) in [6.07, 6.45) is 0.670. The van der Waals surface area contributed by atoms with Gasteiger partial charge in [0.05, 0.1) is 19.3 Å². The molecule has 2 rings (SSSR count). The molecular weight excluding hydrogens is 263 g/mol. The smallest absolute Gasteiger partial charge is 0.131 e. The van der Waals surface area contributed by atoms with Gasteiger partial charge in [-0.3, -0.25) is 0 Å². The molecule has 1 aromatic heterocycles. The van der Waals surface area contributed by atoms with Crippen LogP contribution in [0.5, 0.6) is 0 Å². The minimum Gasteiger partial charge on any atom is -0.396 e. The van der Waals surface area contributed by atoms with Crippen molar-refractivity contribution >= 4 is 23.2 Å². The predicted octanol–water partition coefficient (Wildman–Crippen LogP) is 1.80. The molecule has 0 bridgehead atoms. The van der Waals surface area contributed by atoms with Gasteiger partial charge in [-0.05, 0) is 24.1 Å². The summed E-state index contributed by atoms with van der Waals surface area (Å²) in [5.41, 5.74) is 0.956. The predicted molar refractivity (Wildman–Crippen MR) is 66.4 cm³/mol. The van der Waals surface area contributed by atoms with E-state index in [1.807, 2.05) is 0 Å². The summed E-state index contributed by atoms with van der Waals surface area (Å²) >= 11 is 11.7. The summed E-state index contributed by atoms with van der Waals surface area (Å²) in [7, 11) is 0. The molecular formula is C11H14Cl2N2O2. The maximum Gasteiger partial charge on any atom is 0.131 e. The largest absolute Gasteiger partial charge is 0.396 e. The summed E-state index contributed by atoms with van der Waals surface area (Å²) in [5, 5.41) is 13.1. The molecule has 0 unspecified atom stereocenters. The first-order valence-electron chi connectivity index (χ1n) is 5.46. The highest BCUT2D eigenvalue weighted by Crippen LogP contribution is 2.23. The Kier molecular flexibility index (Phi) is 4.59. The third-order valence-electron chi connectivity index (χ3n) is 2.71. The topological polar surface area (TPSA) is 54.4 Å². The summed E-state index contributed by atoms with van der Waals surface area (Å²) in [6, 6.07) is 3.74. The van der Waals surface area contributed by atoms with Crippen LogP contribution in [0.15, 0.2) is 12.1 Å². The lowest BCUT2D eigenvalue weighted by Gasteiger charge is -2.31. The van der Waals surface area contributed by atoms with Crippen LogP contribution in [0.4, 0.5) is 0 Å². The van der Waals surface area contributed by atoms with Crippen LogP contribution in [0, 0.1) is 0 Å². The van der Waals surface area contributed by atoms with Crippen molar-refractivity contribution in [2.45, 2.75) is 18.5 Å². The highest BCUT2D eigenvalue weighted by atomic mass is 35.5. The molecule has 4 nitrogen and oxygen atoms in total. The Morgan fingerprint density at radius 3 is 2.71 bits per heavy atom. The van der Waals surface area contributed by atoms with Gasteiger partial charge in [0.1, 0.15) is 10.3 Å². The number of aliphatic hydroxyl groups is 1. The summed E-state index contributed by atoms with van der Waals surface area (Å²) in [4.78, 5) is 3.91. The first kappa shape index (κ1) is 13.1. The van der Waals surface area contributed by atoms with Gasteiger partial charge in [0.2, 0.25) is 0 Å². The van der Waals surface area contributed by atoms with Crippen LogP contribution in [0.3, 0.4) is 0 Å². The highest BCUT2D eigenvalue weighted by Gasteiger charge is 2.23. The maximum absolute atomic E-state index is 8.92. The monoisotopic (exact) mass is 276 g/mol. The number of pyridine rings is 1. The summed E-state index contributed by atoms with van der Waals surface area (Å²) in [5.74, 6) is 0. The number of morpholine rings is 1. The van der Waals surface area contributed by atoms with E-state index in [0.29, 0.717) is 29.9 Å². The average molecular weight is 277 g/mol. The molecule has 1 aliphatic rings. The number of ether oxygens (including phenoxy) is 1. The van der Waals surface area contributed by atoms with Crippen molar-refractivity contribution in [3.8, 4) is 0 Å². The zero-order chi connectivity index (χ0) is 12.3. The number of nitrogens with one attached hydrogen (secondary N) is 1. The minimum atomic E-state index is 0.0401. The van der Waals surface area contributed by atoms with Crippen molar-refractivity contribution in [2.75, 3.05) is 19.8 Å². The van der Waals surface area contributed by atoms with Gasteiger partial charge in [-0.25, -0.2) is 4.98 Å². The Hall–Kier alpha value is -0.390. The van der Waals surface area contributed by atoms with E-state index in [1.54, 1.807) is 12.1 Å². The molecule has 6 heteroatoms. The van der Waals surface area contributed by atoms with E-state index in [0.717, 1.165) is 5.56 Å². The second-order valence-corrected chi connectivity index (χ2v) is 4.79. The number of aromatic nitrogens is 1. The van der Waals surface area contributed by atoms with E-state index in [-0.39, 0.29) is 18.7 Å². The molecule has 1 aliphatic heterocycles. The molecule has 17 heavy (non-hydrogen) atoms. The molecule has 2 atom stereocenters. The number of rotatable bonds is 3. The number of halogens is 2. The van der Waals surface area contributed by atoms with Crippen molar-refractivity contribution in [3.05, 3.63) is 28.0 Å². The van der Waals surface area contributed by atoms with Crippen LogP contribution in [0.2, 0.25) is 10.3 Å². The molecule has 94 valence electrons. The molecule has 0 saturated carbocycles. The van der Waals surface area contributed by atoms with E-state index >= 15 is 0 Å². The second kappa shape index (κ2) is 5.98. The summed E-state index contributed by atoms with van der Waals surface area (Å²) in [6.45, 7) is 1.33. The lowest BCUT2D eigenvalue weighted by atomic mass is 10.1. The minimum absolute atomic E-state index is 0.0401. The van der Waals surface area contributed by atoms with Gasteiger partial charge >= 0.3 is 0 Å². The van der Waals surface area contributed by atoms with Crippen molar-refractivity contribution in [3.63, 3.8) is 0 Å². The van der Waals surface area contributed by atoms with Gasteiger partial charge in [0, 0.05) is 12.6 Å². The molecule has 0 aromatic carbocycles. The van der Waals surface area contributed by atoms with Crippen LogP contribution in [0.1, 0.15) is 18.0 Å². The first-order chi connectivity index (χ1) is 8.19. The summed E-state index contributed by atoms with van der Waals surface area (Å²) < 4.78 is 5.50. The van der Waals surface area contributed by atoms with Crippen molar-refractivity contribution in [1.82, 2.24) is 10.3 Å². The molecule has 0 radical (unpaired) electrons. The van der Waals surface area contributed by atoms with Crippen molar-refractivity contribution in [1.29, 1.82) is 0 Å². The molecule has 2 N–H and O–H groups in total. The van der Waals surface area contributed by atoms with Gasteiger partial charge < -0.3 is 15.2 Å². The molecule has 1 aromatic rings. The van der Waals surface area contributed by atoms with Gasteiger partial charge in [-0.15, -0.1) is 0 Å². The third kappa shape index (κ3) is 3.53. The van der Waals surface area contributed by atoms with E-state index < -0.39 is 0 Å². The third-order valence-corrected chi connectivity index (χ3v) is 3.09. The quantitative estimate of drug-likeness (QED) is 0.827. The first-order valence-corrected chi connectivity index (χ1v) is 6.22. The lowest BCUT2D eigenvalue weighted by molar-refractivity contribution is 0.0375. The fourth-order valence-electron chi connectivity index (χ4n) is 1.91. The lowest BCUT2D eigenvalue weighted by Crippen LogP contribution is -2.44. The fourth-order valence-corrected chi connectivity index (χ4v) is 2.39. The fraction of sp³-hybridized carbons (Fsp3) is 0.545. The molecule has 1 saturated heterocycles. The zero-order valence-electron chi connectivity index (χ0n) is 9.20. The van der Waals surface area contributed by atoms with Crippen LogP contribution < -0.4 is 5.32 Å². The van der Waals surface area contributed by atoms with Gasteiger partial charge in [0.15, 0.2) is 0 Å². The van der Waals surface area contributed by atoms with Crippen LogP contribution in [-0.4, -0.2) is 36.0 Å². The number of nitrogens with zero attached hydrogens (tertiary/aromatic N) is 1. The second-order valence-electron chi connectivity index (χ2n) is 4.01. The Balaban J connectivity index is 2.10. The Morgan fingerprint density at radius 1 is 1.35 bits per heavy atom. The zero-order valence-corrected chi connectivity index (χ0v) is 10.7. The van der Waals surface area contributed by atoms with Crippen molar-refractivity contribution in [2.24, 2.45) is 0 Å². The Labute approximate surface area is 110 Å². The van der Waals surface area contributed by atoms with Crippen LogP contribution in [-0.2, 0) is 4.74 Å². The van der Waals surface area contributed by atoms with Crippen LogP contribution >= 0.6 is 23.2 Å². The molecule has 1 fully saturated rings. The highest BCUT2D eigenvalue weighted by molar-refractivity contribution is 6.32. The van der Waals surface area contributed by atoms with Gasteiger partial charge in [0.25, 0.3) is 0 Å². The maximum atomic E-state index is 8.92. The van der Waals surface area contributed by atoms with Gasteiger partial charge in [-0.2, -0.15) is 0 Å². The Morgan fingerprint density at radius 2 is 2.06 bits per heavy atom. The molecule has 0 aliphatic carbocycles. The molecule has 2 heterocycles.